The zero-order chi connectivity index (χ0) is 12.2. The van der Waals surface area contributed by atoms with Crippen LogP contribution in [-0.2, 0) is 4.74 Å². The Morgan fingerprint density at radius 3 is 2.50 bits per heavy atom. The van der Waals surface area contributed by atoms with E-state index in [1.54, 1.807) is 0 Å². The topological polar surface area (TPSA) is 21.3 Å². The minimum absolute atomic E-state index is 0.0581. The standard InChI is InChI=1S/C11H20F3NO/c1-3-15-9(6-7-11(12,13)14)10-5-4-8(2)16-10/h8-10,15H,3-7H2,1-2H3. The SMILES string of the molecule is CCNC(CCC(F)(F)F)C1CCC(C)O1. The summed E-state index contributed by atoms with van der Waals surface area (Å²) in [6.45, 7) is 4.54. The number of hydrogen-bond acceptors (Lipinski definition) is 2. The minimum atomic E-state index is -4.07. The molecule has 0 bridgehead atoms. The van der Waals surface area contributed by atoms with Crippen LogP contribution < -0.4 is 5.32 Å². The summed E-state index contributed by atoms with van der Waals surface area (Å²) in [5.74, 6) is 0. The third-order valence-corrected chi connectivity index (χ3v) is 2.92. The number of alkyl halides is 3. The van der Waals surface area contributed by atoms with Crippen LogP contribution in [0, 0.1) is 0 Å². The quantitative estimate of drug-likeness (QED) is 0.796. The fraction of sp³-hybridized carbons (Fsp3) is 1.00. The Morgan fingerprint density at radius 1 is 1.38 bits per heavy atom. The highest BCUT2D eigenvalue weighted by Crippen LogP contribution is 2.27. The highest BCUT2D eigenvalue weighted by Gasteiger charge is 2.33. The van der Waals surface area contributed by atoms with Crippen molar-refractivity contribution in [2.24, 2.45) is 0 Å². The van der Waals surface area contributed by atoms with E-state index in [1.165, 1.54) is 0 Å². The van der Waals surface area contributed by atoms with Crippen LogP contribution in [0.3, 0.4) is 0 Å². The summed E-state index contributed by atoms with van der Waals surface area (Å²) >= 11 is 0. The number of likely N-dealkylation sites (N-methyl/N-ethyl adjacent to an activating group) is 1. The molecule has 1 saturated heterocycles. The second kappa shape index (κ2) is 5.87. The van der Waals surface area contributed by atoms with Crippen molar-refractivity contribution < 1.29 is 17.9 Å². The van der Waals surface area contributed by atoms with E-state index in [2.05, 4.69) is 5.32 Å². The first-order valence-electron chi connectivity index (χ1n) is 5.88. The van der Waals surface area contributed by atoms with Gasteiger partial charge in [-0.3, -0.25) is 0 Å². The molecular formula is C11H20F3NO. The molecule has 16 heavy (non-hydrogen) atoms. The fourth-order valence-corrected chi connectivity index (χ4v) is 2.13. The highest BCUT2D eigenvalue weighted by atomic mass is 19.4. The molecule has 0 aromatic heterocycles. The molecule has 3 unspecified atom stereocenters. The second-order valence-corrected chi connectivity index (χ2v) is 4.38. The summed E-state index contributed by atoms with van der Waals surface area (Å²) < 4.78 is 42.1. The van der Waals surface area contributed by atoms with Gasteiger partial charge < -0.3 is 10.1 Å². The predicted molar refractivity (Wildman–Crippen MR) is 56.3 cm³/mol. The van der Waals surface area contributed by atoms with Gasteiger partial charge in [0.1, 0.15) is 0 Å². The van der Waals surface area contributed by atoms with E-state index in [0.29, 0.717) is 6.54 Å². The number of hydrogen-bond donors (Lipinski definition) is 1. The highest BCUT2D eigenvalue weighted by molar-refractivity contribution is 4.83. The van der Waals surface area contributed by atoms with E-state index >= 15 is 0 Å². The molecule has 0 saturated carbocycles. The summed E-state index contributed by atoms with van der Waals surface area (Å²) in [7, 11) is 0. The molecule has 0 radical (unpaired) electrons. The Morgan fingerprint density at radius 2 is 2.06 bits per heavy atom. The van der Waals surface area contributed by atoms with Crippen molar-refractivity contribution in [2.75, 3.05) is 6.54 Å². The molecule has 3 atom stereocenters. The Balaban J connectivity index is 2.41. The van der Waals surface area contributed by atoms with E-state index in [-0.39, 0.29) is 24.7 Å². The average Bonchev–Trinajstić information content (AvgIpc) is 2.57. The van der Waals surface area contributed by atoms with Crippen molar-refractivity contribution in [3.63, 3.8) is 0 Å². The summed E-state index contributed by atoms with van der Waals surface area (Å²) in [5.41, 5.74) is 0. The predicted octanol–water partition coefficient (Wildman–Crippen LogP) is 2.87. The zero-order valence-electron chi connectivity index (χ0n) is 9.81. The van der Waals surface area contributed by atoms with Gasteiger partial charge in [0.25, 0.3) is 0 Å². The molecule has 0 aromatic carbocycles. The van der Waals surface area contributed by atoms with E-state index in [9.17, 15) is 13.2 Å². The lowest BCUT2D eigenvalue weighted by Crippen LogP contribution is -2.40. The average molecular weight is 239 g/mol. The van der Waals surface area contributed by atoms with Gasteiger partial charge in [0, 0.05) is 12.5 Å². The molecule has 1 rings (SSSR count). The Labute approximate surface area is 94.5 Å². The largest absolute Gasteiger partial charge is 0.389 e. The first-order chi connectivity index (χ1) is 7.42. The third kappa shape index (κ3) is 4.70. The first-order valence-corrected chi connectivity index (χ1v) is 5.88. The van der Waals surface area contributed by atoms with E-state index in [4.69, 9.17) is 4.74 Å². The van der Waals surface area contributed by atoms with Crippen molar-refractivity contribution in [1.82, 2.24) is 5.32 Å². The molecule has 2 nitrogen and oxygen atoms in total. The van der Waals surface area contributed by atoms with Crippen molar-refractivity contribution in [3.05, 3.63) is 0 Å². The molecule has 0 aromatic rings. The van der Waals surface area contributed by atoms with Crippen LogP contribution in [-0.4, -0.2) is 31.0 Å². The van der Waals surface area contributed by atoms with Crippen LogP contribution in [0.25, 0.3) is 0 Å². The van der Waals surface area contributed by atoms with Gasteiger partial charge in [-0.05, 0) is 32.7 Å². The van der Waals surface area contributed by atoms with Crippen LogP contribution in [0.15, 0.2) is 0 Å². The molecule has 1 aliphatic heterocycles. The first kappa shape index (κ1) is 13.8. The molecule has 1 aliphatic rings. The smallest absolute Gasteiger partial charge is 0.374 e. The van der Waals surface area contributed by atoms with Gasteiger partial charge >= 0.3 is 6.18 Å². The molecular weight excluding hydrogens is 219 g/mol. The van der Waals surface area contributed by atoms with Gasteiger partial charge in [0.15, 0.2) is 0 Å². The van der Waals surface area contributed by atoms with Gasteiger partial charge in [-0.2, -0.15) is 13.2 Å². The lowest BCUT2D eigenvalue weighted by molar-refractivity contribution is -0.138. The molecule has 1 fully saturated rings. The van der Waals surface area contributed by atoms with Gasteiger partial charge in [-0.1, -0.05) is 6.92 Å². The fourth-order valence-electron chi connectivity index (χ4n) is 2.13. The van der Waals surface area contributed by atoms with Gasteiger partial charge in [0.05, 0.1) is 12.2 Å². The third-order valence-electron chi connectivity index (χ3n) is 2.92. The maximum atomic E-state index is 12.2. The van der Waals surface area contributed by atoms with Crippen molar-refractivity contribution in [1.29, 1.82) is 0 Å². The van der Waals surface area contributed by atoms with Crippen LogP contribution in [0.2, 0.25) is 0 Å². The molecule has 1 heterocycles. The molecule has 1 N–H and O–H groups in total. The monoisotopic (exact) mass is 239 g/mol. The van der Waals surface area contributed by atoms with E-state index < -0.39 is 12.6 Å². The molecule has 0 spiro atoms. The summed E-state index contributed by atoms with van der Waals surface area (Å²) in [4.78, 5) is 0. The van der Waals surface area contributed by atoms with Crippen LogP contribution in [0.5, 0.6) is 0 Å². The maximum absolute atomic E-state index is 12.2. The number of halogens is 3. The Hall–Kier alpha value is -0.290. The van der Waals surface area contributed by atoms with Gasteiger partial charge in [0.2, 0.25) is 0 Å². The molecule has 5 heteroatoms. The normalized spacial score (nSPS) is 28.3. The lowest BCUT2D eigenvalue weighted by Gasteiger charge is -2.24. The van der Waals surface area contributed by atoms with Gasteiger partial charge in [-0.25, -0.2) is 0 Å². The van der Waals surface area contributed by atoms with Crippen molar-refractivity contribution >= 4 is 0 Å². The van der Waals surface area contributed by atoms with Crippen LogP contribution >= 0.6 is 0 Å². The van der Waals surface area contributed by atoms with Crippen LogP contribution in [0.1, 0.15) is 39.5 Å². The maximum Gasteiger partial charge on any atom is 0.389 e. The van der Waals surface area contributed by atoms with E-state index in [0.717, 1.165) is 12.8 Å². The van der Waals surface area contributed by atoms with Crippen molar-refractivity contribution in [2.45, 2.75) is 64.0 Å². The summed E-state index contributed by atoms with van der Waals surface area (Å²) in [5, 5.41) is 3.09. The van der Waals surface area contributed by atoms with Gasteiger partial charge in [-0.15, -0.1) is 0 Å². The second-order valence-electron chi connectivity index (χ2n) is 4.38. The summed E-state index contributed by atoms with van der Waals surface area (Å²) in [6.07, 6.45) is -2.78. The number of rotatable bonds is 5. The van der Waals surface area contributed by atoms with Crippen LogP contribution in [0.4, 0.5) is 13.2 Å². The Kier molecular flexibility index (Phi) is 5.05. The zero-order valence-corrected chi connectivity index (χ0v) is 9.81. The molecule has 0 aliphatic carbocycles. The Bertz CT molecular complexity index is 208. The summed E-state index contributed by atoms with van der Waals surface area (Å²) in [6, 6.07) is -0.170. The molecule has 96 valence electrons. The minimum Gasteiger partial charge on any atom is -0.374 e. The van der Waals surface area contributed by atoms with Crippen molar-refractivity contribution in [3.8, 4) is 0 Å². The lowest BCUT2D eigenvalue weighted by atomic mass is 10.0. The molecule has 0 amide bonds. The number of ether oxygens (including phenoxy) is 1. The van der Waals surface area contributed by atoms with E-state index in [1.807, 2.05) is 13.8 Å². The number of nitrogens with one attached hydrogen (secondary N) is 1.